The van der Waals surface area contributed by atoms with Gasteiger partial charge in [-0.05, 0) is 0 Å². The van der Waals surface area contributed by atoms with Crippen molar-refractivity contribution in [3.63, 3.8) is 0 Å². The van der Waals surface area contributed by atoms with E-state index < -0.39 is 11.9 Å². The number of anilines is 2. The second-order valence-electron chi connectivity index (χ2n) is 9.50. The first-order chi connectivity index (χ1) is 16.6. The van der Waals surface area contributed by atoms with Gasteiger partial charge in [0.1, 0.15) is 0 Å². The van der Waals surface area contributed by atoms with Gasteiger partial charge < -0.3 is 0 Å². The fourth-order valence-electron chi connectivity index (χ4n) is 5.32. The molecule has 0 saturated carbocycles. The second kappa shape index (κ2) is 10.6. The van der Waals surface area contributed by atoms with Crippen molar-refractivity contribution in [3.05, 3.63) is 87.7 Å². The molecule has 3 aromatic rings. The van der Waals surface area contributed by atoms with Crippen LogP contribution in [0.1, 0.15) is 45.5 Å². The van der Waals surface area contributed by atoms with Crippen LogP contribution < -0.4 is 9.80 Å². The number of aromatic nitrogens is 1. The summed E-state index contributed by atoms with van der Waals surface area (Å²) in [5, 5.41) is 0. The fraction of sp³-hybridized carbons (Fsp3) is 0.345. The van der Waals surface area contributed by atoms with Gasteiger partial charge in [0, 0.05) is 0 Å². The van der Waals surface area contributed by atoms with Crippen LogP contribution in [-0.4, -0.2) is 27.0 Å². The average Bonchev–Trinajstić information content (AvgIpc) is 3.18. The molecule has 0 N–H and O–H groups in total. The Balaban J connectivity index is 1.88. The minimum atomic E-state index is -3.38. The summed E-state index contributed by atoms with van der Waals surface area (Å²) in [6.07, 6.45) is 3.48. The van der Waals surface area contributed by atoms with E-state index in [1.807, 2.05) is 18.3 Å². The van der Waals surface area contributed by atoms with Crippen LogP contribution in [-0.2, 0) is 18.3 Å². The van der Waals surface area contributed by atoms with Gasteiger partial charge in [0.05, 0.1) is 0 Å². The Morgan fingerprint density at radius 1 is 0.800 bits per heavy atom. The number of nitrogens with zero attached hydrogens (tertiary/aromatic N) is 3. The molecule has 0 atom stereocenters. The monoisotopic (exact) mass is 597 g/mol. The third kappa shape index (κ3) is 5.61. The topological polar surface area (TPSA) is 19.4 Å². The minimum absolute atomic E-state index is 0.805. The molecule has 0 spiro atoms. The number of hydrogen-bond donors (Lipinski definition) is 0. The third-order valence-electron chi connectivity index (χ3n) is 6.41. The molecule has 1 aliphatic heterocycles. The van der Waals surface area contributed by atoms with Crippen LogP contribution in [0.4, 0.5) is 11.4 Å². The van der Waals surface area contributed by atoms with Crippen LogP contribution in [0.5, 0.6) is 0 Å². The van der Waals surface area contributed by atoms with Crippen molar-refractivity contribution in [2.24, 2.45) is 0 Å². The van der Waals surface area contributed by atoms with E-state index in [1.54, 1.807) is 0 Å². The van der Waals surface area contributed by atoms with Crippen molar-refractivity contribution in [2.45, 2.75) is 54.4 Å². The van der Waals surface area contributed by atoms with Gasteiger partial charge >= 0.3 is 222 Å². The van der Waals surface area contributed by atoms with E-state index in [9.17, 15) is 0 Å². The summed E-state index contributed by atoms with van der Waals surface area (Å²) in [4.78, 5) is 9.29. The number of halogens is 2. The predicted molar refractivity (Wildman–Crippen MR) is 151 cm³/mol. The van der Waals surface area contributed by atoms with E-state index in [0.29, 0.717) is 0 Å². The van der Waals surface area contributed by atoms with Crippen LogP contribution in [0.2, 0.25) is 0 Å². The van der Waals surface area contributed by atoms with Gasteiger partial charge in [0.15, 0.2) is 0 Å². The summed E-state index contributed by atoms with van der Waals surface area (Å²) in [5.41, 5.74) is 11.1. The number of pyridine rings is 1. The molecule has 1 aliphatic rings. The van der Waals surface area contributed by atoms with Gasteiger partial charge in [-0.3, -0.25) is 0 Å². The Kier molecular flexibility index (Phi) is 7.96. The molecule has 0 amide bonds. The molecular formula is C29H35Cl2N3Ru-4. The van der Waals surface area contributed by atoms with E-state index >= 15 is 0 Å². The van der Waals surface area contributed by atoms with E-state index in [2.05, 4.69) is 91.3 Å². The zero-order chi connectivity index (χ0) is 25.3. The van der Waals surface area contributed by atoms with Crippen molar-refractivity contribution in [3.8, 4) is 0 Å². The molecule has 6 heteroatoms. The van der Waals surface area contributed by atoms with Gasteiger partial charge in [-0.25, -0.2) is 0 Å². The Labute approximate surface area is 220 Å². The van der Waals surface area contributed by atoms with Gasteiger partial charge in [-0.2, -0.15) is 0 Å². The number of rotatable bonds is 5. The summed E-state index contributed by atoms with van der Waals surface area (Å²) >= 11 is -3.38. The standard InChI is InChI=1S/C21H26N2.C8H9N.2ClH.Ru/c1-14-9-16(3)20(17(4)10-14)22-7-8-23(13-22)21-18(5)11-15(2)12-19(21)6;1-2-5-8-6-3-4-7-9-8;;;/h9-12H,7-8H2,1-6H3;1,3-4,6-7H,2,5H2;2*1H;/q;;;;-2/p-2. The first-order valence-electron chi connectivity index (χ1n) is 12.0. The zero-order valence-electron chi connectivity index (χ0n) is 21.5. The molecule has 0 aliphatic carbocycles. The Morgan fingerprint density at radius 2 is 1.29 bits per heavy atom. The van der Waals surface area contributed by atoms with Crippen LogP contribution in [0.25, 0.3) is 0 Å². The van der Waals surface area contributed by atoms with E-state index in [4.69, 9.17) is 19.4 Å². The second-order valence-corrected chi connectivity index (χ2v) is 19.0. The van der Waals surface area contributed by atoms with Crippen LogP contribution in [0, 0.1) is 41.5 Å². The Bertz CT molecular complexity index is 1250. The fourth-order valence-corrected chi connectivity index (χ4v) is 11.2. The Morgan fingerprint density at radius 3 is 1.71 bits per heavy atom. The van der Waals surface area contributed by atoms with E-state index in [1.165, 1.54) is 44.8 Å². The van der Waals surface area contributed by atoms with Gasteiger partial charge in [0.25, 0.3) is 0 Å². The van der Waals surface area contributed by atoms with Crippen molar-refractivity contribution < 1.29 is 11.9 Å². The van der Waals surface area contributed by atoms with Crippen LogP contribution in [0.15, 0.2) is 48.7 Å². The van der Waals surface area contributed by atoms with Crippen molar-refractivity contribution in [1.82, 2.24) is 4.98 Å². The van der Waals surface area contributed by atoms with Gasteiger partial charge in [-0.15, -0.1) is 0 Å². The SMILES string of the molecule is Cc1cc(C)c(N2CCN(c3c(C)cc(C)cc3C)[C]2=[Ru-4]([Cl])([Cl])=[CH]CCc2ccccn2)c(C)c1. The van der Waals surface area contributed by atoms with Crippen LogP contribution >= 0.6 is 19.4 Å². The third-order valence-corrected chi connectivity index (χ3v) is 12.5. The van der Waals surface area contributed by atoms with Crippen molar-refractivity contribution in [2.75, 3.05) is 22.9 Å². The molecule has 35 heavy (non-hydrogen) atoms. The van der Waals surface area contributed by atoms with Gasteiger partial charge in [0.2, 0.25) is 0 Å². The summed E-state index contributed by atoms with van der Waals surface area (Å²) in [6.45, 7) is 14.8. The van der Waals surface area contributed by atoms with Gasteiger partial charge in [-0.1, -0.05) is 0 Å². The molecule has 1 saturated heterocycles. The average molecular weight is 598 g/mol. The van der Waals surface area contributed by atoms with Crippen LogP contribution in [0.3, 0.4) is 0 Å². The predicted octanol–water partition coefficient (Wildman–Crippen LogP) is 7.24. The maximum absolute atomic E-state index is 7.41. The number of hydrogen-bond acceptors (Lipinski definition) is 3. The van der Waals surface area contributed by atoms with E-state index in [0.717, 1.165) is 36.0 Å². The first kappa shape index (κ1) is 26.2. The summed E-state index contributed by atoms with van der Waals surface area (Å²) in [6, 6.07) is 15.0. The van der Waals surface area contributed by atoms with E-state index in [-0.39, 0.29) is 0 Å². The Hall–Kier alpha value is -1.87. The molecule has 4 rings (SSSR count). The summed E-state index contributed by atoms with van der Waals surface area (Å²) in [5.74, 6) is 0. The molecule has 192 valence electrons. The first-order valence-corrected chi connectivity index (χ1v) is 18.4. The zero-order valence-corrected chi connectivity index (χ0v) is 24.7. The van der Waals surface area contributed by atoms with Crippen molar-refractivity contribution in [1.29, 1.82) is 0 Å². The molecule has 2 aromatic carbocycles. The number of benzene rings is 2. The molecular weight excluding hydrogens is 562 g/mol. The maximum atomic E-state index is 7.41. The molecule has 2 heterocycles. The molecule has 0 radical (unpaired) electrons. The van der Waals surface area contributed by atoms with Crippen molar-refractivity contribution >= 4 is 39.7 Å². The molecule has 0 bridgehead atoms. The summed E-state index contributed by atoms with van der Waals surface area (Å²) in [7, 11) is 14.8. The normalized spacial score (nSPS) is 14.6. The summed E-state index contributed by atoms with van der Waals surface area (Å²) < 4.78 is 3.28. The molecule has 0 unspecified atom stereocenters. The number of aryl methyl sites for hydroxylation is 7. The molecule has 3 nitrogen and oxygen atoms in total. The molecule has 1 aromatic heterocycles. The molecule has 1 fully saturated rings. The quantitative estimate of drug-likeness (QED) is 0.289.